The summed E-state index contributed by atoms with van der Waals surface area (Å²) in [6.45, 7) is 0. The first-order valence-corrected chi connectivity index (χ1v) is 6.43. The van der Waals surface area contributed by atoms with Gasteiger partial charge in [-0.25, -0.2) is 8.42 Å². The average Bonchev–Trinajstić information content (AvgIpc) is 2.68. The molecule has 0 saturated heterocycles. The van der Waals surface area contributed by atoms with Crippen LogP contribution in [-0.2, 0) is 10.4 Å². The number of nitro benzene ring substituents is 1. The van der Waals surface area contributed by atoms with E-state index in [-0.39, 0.29) is 10.7 Å². The first-order valence-electron chi connectivity index (χ1n) is 4.29. The molecule has 0 fully saturated rings. The molecule has 0 radical (unpaired) electrons. The van der Waals surface area contributed by atoms with Crippen molar-refractivity contribution in [2.45, 2.75) is 0 Å². The van der Waals surface area contributed by atoms with Gasteiger partial charge in [-0.05, 0) is 6.07 Å². The molecule has 0 aliphatic heterocycles. The summed E-state index contributed by atoms with van der Waals surface area (Å²) in [6.07, 6.45) is 0. The summed E-state index contributed by atoms with van der Waals surface area (Å²) in [4.78, 5) is 13.0. The highest BCUT2D eigenvalue weighted by molar-refractivity contribution is 7.79. The minimum absolute atomic E-state index is 0.0393. The molecule has 12 heteroatoms. The van der Waals surface area contributed by atoms with Crippen LogP contribution in [0.3, 0.4) is 0 Å². The summed E-state index contributed by atoms with van der Waals surface area (Å²) < 4.78 is 36.8. The summed E-state index contributed by atoms with van der Waals surface area (Å²) >= 11 is 0.994. The third-order valence-corrected chi connectivity index (χ3v) is 2.51. The van der Waals surface area contributed by atoms with E-state index >= 15 is 0 Å². The van der Waals surface area contributed by atoms with Crippen LogP contribution in [0.4, 0.5) is 10.7 Å². The first-order chi connectivity index (χ1) is 8.72. The van der Waals surface area contributed by atoms with E-state index in [4.69, 9.17) is 22.9 Å². The SMILES string of the molecule is N#[N+]c1snc2ccc([N+](=O)[O-])cc12.O=S(=O)([O-])O. The Balaban J connectivity index is 0.000000312. The summed E-state index contributed by atoms with van der Waals surface area (Å²) in [5.74, 6) is 0. The molecule has 1 N–H and O–H groups in total. The smallest absolute Gasteiger partial charge is 0.467 e. The normalized spacial score (nSPS) is 10.4. The molecule has 0 aliphatic carbocycles. The van der Waals surface area contributed by atoms with Crippen molar-refractivity contribution in [1.82, 2.24) is 4.37 Å². The highest BCUT2D eigenvalue weighted by atomic mass is 32.3. The third kappa shape index (κ3) is 4.52. The predicted molar refractivity (Wildman–Crippen MR) is 63.3 cm³/mol. The molecule has 0 spiro atoms. The molecule has 0 saturated carbocycles. The minimum Gasteiger partial charge on any atom is -0.726 e. The Morgan fingerprint density at radius 1 is 1.47 bits per heavy atom. The second-order valence-corrected chi connectivity index (χ2v) is 4.58. The summed E-state index contributed by atoms with van der Waals surface area (Å²) in [6, 6.07) is 4.23. The van der Waals surface area contributed by atoms with Gasteiger partial charge in [-0.3, -0.25) is 14.7 Å². The van der Waals surface area contributed by atoms with Crippen LogP contribution in [0, 0.1) is 15.5 Å². The Labute approximate surface area is 109 Å². The standard InChI is InChI=1S/C7H3N4O2S.H2O4S/c8-9-7-5-3-4(11(12)13)1-2-6(5)10-14-7;1-5(2,3)4/h1-3H;(H2,1,2,3,4)/q+1;/p-1. The van der Waals surface area contributed by atoms with Crippen LogP contribution in [-0.4, -0.2) is 26.8 Å². The van der Waals surface area contributed by atoms with E-state index in [1.54, 1.807) is 0 Å². The molecule has 100 valence electrons. The maximum Gasteiger partial charge on any atom is 0.467 e. The van der Waals surface area contributed by atoms with Crippen LogP contribution in [0.2, 0.25) is 0 Å². The van der Waals surface area contributed by atoms with Gasteiger partial charge < -0.3 is 4.55 Å². The number of diazo groups is 1. The molecule has 0 aliphatic rings. The van der Waals surface area contributed by atoms with Crippen LogP contribution in [0.5, 0.6) is 0 Å². The number of nitro groups is 1. The van der Waals surface area contributed by atoms with E-state index in [2.05, 4.69) is 9.35 Å². The molecule has 1 heterocycles. The van der Waals surface area contributed by atoms with Crippen LogP contribution >= 0.6 is 11.5 Å². The lowest BCUT2D eigenvalue weighted by molar-refractivity contribution is -0.384. The van der Waals surface area contributed by atoms with Gasteiger partial charge in [0.25, 0.3) is 5.69 Å². The van der Waals surface area contributed by atoms with Gasteiger partial charge in [0.15, 0.2) is 4.98 Å². The number of nitrogens with zero attached hydrogens (tertiary/aromatic N) is 4. The van der Waals surface area contributed by atoms with Gasteiger partial charge in [0.2, 0.25) is 15.8 Å². The molecule has 1 aromatic heterocycles. The van der Waals surface area contributed by atoms with Crippen molar-refractivity contribution >= 4 is 43.5 Å². The average molecular weight is 304 g/mol. The molecule has 19 heavy (non-hydrogen) atoms. The number of aromatic nitrogens is 1. The van der Waals surface area contributed by atoms with E-state index in [0.29, 0.717) is 10.9 Å². The second-order valence-electron chi connectivity index (χ2n) is 2.97. The fraction of sp³-hybridized carbons (Fsp3) is 0. The Morgan fingerprint density at radius 3 is 2.53 bits per heavy atom. The van der Waals surface area contributed by atoms with Crippen LogP contribution in [0.1, 0.15) is 0 Å². The highest BCUT2D eigenvalue weighted by Crippen LogP contribution is 2.32. The van der Waals surface area contributed by atoms with Crippen molar-refractivity contribution in [2.75, 3.05) is 0 Å². The number of non-ortho nitro benzene ring substituents is 1. The van der Waals surface area contributed by atoms with Gasteiger partial charge in [0.05, 0.1) is 22.0 Å². The third-order valence-electron chi connectivity index (χ3n) is 1.74. The van der Waals surface area contributed by atoms with E-state index in [1.165, 1.54) is 18.2 Å². The van der Waals surface area contributed by atoms with Crippen molar-refractivity contribution in [3.8, 4) is 0 Å². The zero-order valence-electron chi connectivity index (χ0n) is 8.83. The van der Waals surface area contributed by atoms with Crippen molar-refractivity contribution in [1.29, 1.82) is 5.39 Å². The number of benzene rings is 1. The topological polar surface area (TPSA) is 162 Å². The Hall–Kier alpha value is -2.20. The molecule has 0 atom stereocenters. The van der Waals surface area contributed by atoms with Gasteiger partial charge in [-0.1, -0.05) is 0 Å². The zero-order valence-corrected chi connectivity index (χ0v) is 10.5. The maximum absolute atomic E-state index is 10.5. The molecule has 2 rings (SSSR count). The summed E-state index contributed by atoms with van der Waals surface area (Å²) in [5.41, 5.74) is 0.552. The Morgan fingerprint density at radius 2 is 2.05 bits per heavy atom. The number of fused-ring (bicyclic) bond motifs is 1. The summed E-state index contributed by atoms with van der Waals surface area (Å²) in [5, 5.41) is 19.8. The van der Waals surface area contributed by atoms with E-state index < -0.39 is 15.3 Å². The lowest BCUT2D eigenvalue weighted by atomic mass is 10.2. The molecule has 2 aromatic rings. The Bertz CT molecular complexity index is 753. The van der Waals surface area contributed by atoms with Crippen molar-refractivity contribution in [3.63, 3.8) is 0 Å². The van der Waals surface area contributed by atoms with E-state index in [1.807, 2.05) is 0 Å². The molecular weight excluding hydrogens is 300 g/mol. The van der Waals surface area contributed by atoms with Crippen molar-refractivity contribution in [2.24, 2.45) is 0 Å². The molecule has 0 unspecified atom stereocenters. The fourth-order valence-corrected chi connectivity index (χ4v) is 1.74. The van der Waals surface area contributed by atoms with E-state index in [9.17, 15) is 10.1 Å². The van der Waals surface area contributed by atoms with Crippen LogP contribution in [0.25, 0.3) is 15.9 Å². The van der Waals surface area contributed by atoms with Gasteiger partial charge in [0, 0.05) is 12.1 Å². The highest BCUT2D eigenvalue weighted by Gasteiger charge is 2.19. The van der Waals surface area contributed by atoms with Crippen molar-refractivity contribution in [3.05, 3.63) is 33.3 Å². The minimum atomic E-state index is -4.92. The fourth-order valence-electron chi connectivity index (χ4n) is 1.10. The van der Waals surface area contributed by atoms with Gasteiger partial charge in [0.1, 0.15) is 5.39 Å². The monoisotopic (exact) mass is 304 g/mol. The quantitative estimate of drug-likeness (QED) is 0.273. The molecule has 1 aromatic carbocycles. The van der Waals surface area contributed by atoms with Gasteiger partial charge >= 0.3 is 5.00 Å². The molecular formula is C7H4N4O6S2. The van der Waals surface area contributed by atoms with E-state index in [0.717, 1.165) is 11.5 Å². The van der Waals surface area contributed by atoms with Crippen molar-refractivity contribution < 1.29 is 22.4 Å². The number of rotatable bonds is 1. The summed E-state index contributed by atoms with van der Waals surface area (Å²) in [7, 11) is -4.92. The molecule has 0 amide bonds. The molecule has 10 nitrogen and oxygen atoms in total. The largest absolute Gasteiger partial charge is 0.726 e. The van der Waals surface area contributed by atoms with Gasteiger partial charge in [-0.15, -0.1) is 0 Å². The lowest BCUT2D eigenvalue weighted by Gasteiger charge is -1.88. The number of hydrogen-bond acceptors (Lipinski definition) is 8. The molecule has 0 bridgehead atoms. The predicted octanol–water partition coefficient (Wildman–Crippen LogP) is 1.69. The maximum atomic E-state index is 10.5. The van der Waals surface area contributed by atoms with Crippen LogP contribution in [0.15, 0.2) is 18.2 Å². The number of hydrogen-bond donors (Lipinski definition) is 1. The first kappa shape index (κ1) is 14.9. The zero-order chi connectivity index (χ0) is 14.6. The van der Waals surface area contributed by atoms with Crippen LogP contribution < -0.4 is 0 Å². The van der Waals surface area contributed by atoms with Gasteiger partial charge in [-0.2, -0.15) is 4.37 Å². The Kier molecular flexibility index (Phi) is 4.40. The second kappa shape index (κ2) is 5.63. The lowest BCUT2D eigenvalue weighted by Crippen LogP contribution is -1.90.